The molecule has 0 saturated heterocycles. The Morgan fingerprint density at radius 1 is 1.04 bits per heavy atom. The Balaban J connectivity index is 1.97. The van der Waals surface area contributed by atoms with Crippen LogP contribution >= 0.6 is 0 Å². The zero-order valence-corrected chi connectivity index (χ0v) is 13.5. The zero-order chi connectivity index (χ0) is 16.5. The summed E-state index contributed by atoms with van der Waals surface area (Å²) in [7, 11) is 1.62. The van der Waals surface area contributed by atoms with Gasteiger partial charge in [-0.2, -0.15) is 10.2 Å². The van der Waals surface area contributed by atoms with Crippen LogP contribution in [0.2, 0.25) is 0 Å². The van der Waals surface area contributed by atoms with Gasteiger partial charge >= 0.3 is 0 Å². The van der Waals surface area contributed by atoms with Crippen LogP contribution in [-0.2, 0) is 6.42 Å². The maximum atomic E-state index is 14.0. The van der Waals surface area contributed by atoms with Crippen molar-refractivity contribution in [2.24, 2.45) is 10.2 Å². The summed E-state index contributed by atoms with van der Waals surface area (Å²) in [5.41, 5.74) is 2.36. The number of halogens is 1. The number of aryl methyl sites for hydroxylation is 1. The quantitative estimate of drug-likeness (QED) is 0.542. The highest BCUT2D eigenvalue weighted by Crippen LogP contribution is 2.12. The standard InChI is InChI=1S/C19H21FN2O/c1-3-4-5-15-6-9-17(19(20)12-15)14-22-21-13-16-7-10-18(23-2)11-8-16/h6-14H,3-5H2,1-2H3/b21-13+,22-14+. The number of hydrogen-bond donors (Lipinski definition) is 0. The largest absolute Gasteiger partial charge is 0.497 e. The van der Waals surface area contributed by atoms with Crippen LogP contribution in [-0.4, -0.2) is 19.5 Å². The lowest BCUT2D eigenvalue weighted by Crippen LogP contribution is -1.92. The summed E-state index contributed by atoms with van der Waals surface area (Å²) in [5.74, 6) is 0.526. The molecule has 0 aliphatic rings. The van der Waals surface area contributed by atoms with Gasteiger partial charge in [0.25, 0.3) is 0 Å². The van der Waals surface area contributed by atoms with Gasteiger partial charge in [0.2, 0.25) is 0 Å². The van der Waals surface area contributed by atoms with Crippen LogP contribution in [0.15, 0.2) is 52.7 Å². The van der Waals surface area contributed by atoms with E-state index in [0.29, 0.717) is 5.56 Å². The fourth-order valence-electron chi connectivity index (χ4n) is 2.10. The Bertz CT molecular complexity index is 678. The number of nitrogens with zero attached hydrogens (tertiary/aromatic N) is 2. The molecule has 0 radical (unpaired) electrons. The molecule has 0 N–H and O–H groups in total. The summed E-state index contributed by atoms with van der Waals surface area (Å²) in [6, 6.07) is 12.7. The first-order valence-electron chi connectivity index (χ1n) is 7.72. The Hall–Kier alpha value is -2.49. The monoisotopic (exact) mass is 312 g/mol. The first kappa shape index (κ1) is 16.9. The highest BCUT2D eigenvalue weighted by Gasteiger charge is 2.01. The third-order valence-corrected chi connectivity index (χ3v) is 3.47. The number of ether oxygens (including phenoxy) is 1. The van der Waals surface area contributed by atoms with Crippen molar-refractivity contribution in [2.75, 3.05) is 7.11 Å². The van der Waals surface area contributed by atoms with E-state index in [1.54, 1.807) is 25.5 Å². The normalized spacial score (nSPS) is 11.4. The number of rotatable bonds is 7. The molecule has 23 heavy (non-hydrogen) atoms. The van der Waals surface area contributed by atoms with Crippen molar-refractivity contribution in [3.63, 3.8) is 0 Å². The van der Waals surface area contributed by atoms with Crippen molar-refractivity contribution in [1.82, 2.24) is 0 Å². The Morgan fingerprint density at radius 2 is 1.78 bits per heavy atom. The predicted molar refractivity (Wildman–Crippen MR) is 93.2 cm³/mol. The average Bonchev–Trinajstić information content (AvgIpc) is 2.58. The van der Waals surface area contributed by atoms with Crippen molar-refractivity contribution >= 4 is 12.4 Å². The van der Waals surface area contributed by atoms with E-state index in [9.17, 15) is 4.39 Å². The van der Waals surface area contributed by atoms with E-state index in [1.165, 1.54) is 6.21 Å². The fourth-order valence-corrected chi connectivity index (χ4v) is 2.10. The Labute approximate surface area is 136 Å². The topological polar surface area (TPSA) is 34.0 Å². The Morgan fingerprint density at radius 3 is 2.43 bits per heavy atom. The van der Waals surface area contributed by atoms with Crippen molar-refractivity contribution < 1.29 is 9.13 Å². The first-order valence-corrected chi connectivity index (χ1v) is 7.72. The van der Waals surface area contributed by atoms with Crippen LogP contribution in [0, 0.1) is 5.82 Å². The molecule has 0 amide bonds. The van der Waals surface area contributed by atoms with Gasteiger partial charge in [0.05, 0.1) is 19.5 Å². The SMILES string of the molecule is CCCCc1ccc(/C=N/N=C/c2ccc(OC)cc2)c(F)c1. The van der Waals surface area contributed by atoms with Crippen molar-refractivity contribution in [3.05, 3.63) is 65.0 Å². The molecule has 0 aromatic heterocycles. The first-order chi connectivity index (χ1) is 11.2. The summed E-state index contributed by atoms with van der Waals surface area (Å²) >= 11 is 0. The van der Waals surface area contributed by atoms with Gasteiger partial charge in [-0.15, -0.1) is 0 Å². The molecular weight excluding hydrogens is 291 g/mol. The molecule has 0 aliphatic heterocycles. The minimum Gasteiger partial charge on any atom is -0.497 e. The van der Waals surface area contributed by atoms with Crippen LogP contribution in [0.3, 0.4) is 0 Å². The van der Waals surface area contributed by atoms with E-state index in [1.807, 2.05) is 30.3 Å². The van der Waals surface area contributed by atoms with E-state index in [4.69, 9.17) is 4.74 Å². The molecule has 120 valence electrons. The number of hydrogen-bond acceptors (Lipinski definition) is 3. The van der Waals surface area contributed by atoms with Gasteiger partial charge in [0.15, 0.2) is 0 Å². The second-order valence-electron chi connectivity index (χ2n) is 5.22. The van der Waals surface area contributed by atoms with Gasteiger partial charge in [-0.25, -0.2) is 4.39 Å². The second-order valence-corrected chi connectivity index (χ2v) is 5.22. The minimum absolute atomic E-state index is 0.262. The third kappa shape index (κ3) is 5.33. The molecule has 0 aliphatic carbocycles. The molecule has 0 saturated carbocycles. The summed E-state index contributed by atoms with van der Waals surface area (Å²) in [4.78, 5) is 0. The van der Waals surface area contributed by atoms with Crippen LogP contribution in [0.25, 0.3) is 0 Å². The van der Waals surface area contributed by atoms with Crippen molar-refractivity contribution in [3.8, 4) is 5.75 Å². The highest BCUT2D eigenvalue weighted by atomic mass is 19.1. The van der Waals surface area contributed by atoms with Gasteiger partial charge in [-0.05, 0) is 54.3 Å². The summed E-state index contributed by atoms with van der Waals surface area (Å²) in [5, 5.41) is 7.85. The van der Waals surface area contributed by atoms with Gasteiger partial charge in [0, 0.05) is 5.56 Å². The van der Waals surface area contributed by atoms with Crippen LogP contribution in [0.4, 0.5) is 4.39 Å². The molecule has 0 heterocycles. The van der Waals surface area contributed by atoms with Gasteiger partial charge in [-0.3, -0.25) is 0 Å². The molecule has 2 aromatic rings. The number of benzene rings is 2. The lowest BCUT2D eigenvalue weighted by molar-refractivity contribution is 0.415. The lowest BCUT2D eigenvalue weighted by Gasteiger charge is -2.01. The van der Waals surface area contributed by atoms with E-state index in [0.717, 1.165) is 36.1 Å². The van der Waals surface area contributed by atoms with Gasteiger partial charge < -0.3 is 4.74 Å². The smallest absolute Gasteiger partial charge is 0.132 e. The molecule has 2 aromatic carbocycles. The molecule has 0 bridgehead atoms. The Kier molecular flexibility index (Phi) is 6.48. The zero-order valence-electron chi connectivity index (χ0n) is 13.5. The highest BCUT2D eigenvalue weighted by molar-refractivity contribution is 5.83. The van der Waals surface area contributed by atoms with E-state index in [-0.39, 0.29) is 5.82 Å². The van der Waals surface area contributed by atoms with Crippen LogP contribution in [0.1, 0.15) is 36.5 Å². The fraction of sp³-hybridized carbons (Fsp3) is 0.263. The third-order valence-electron chi connectivity index (χ3n) is 3.47. The molecule has 3 nitrogen and oxygen atoms in total. The summed E-state index contributed by atoms with van der Waals surface area (Å²) in [6.45, 7) is 2.12. The average molecular weight is 312 g/mol. The van der Waals surface area contributed by atoms with Crippen molar-refractivity contribution in [1.29, 1.82) is 0 Å². The molecule has 0 fully saturated rings. The number of unbranched alkanes of at least 4 members (excludes halogenated alkanes) is 1. The van der Waals surface area contributed by atoms with Gasteiger partial charge in [0.1, 0.15) is 11.6 Å². The van der Waals surface area contributed by atoms with Crippen LogP contribution in [0.5, 0.6) is 5.75 Å². The summed E-state index contributed by atoms with van der Waals surface area (Å²) in [6.07, 6.45) is 6.12. The molecule has 2 rings (SSSR count). The molecule has 0 unspecified atom stereocenters. The lowest BCUT2D eigenvalue weighted by atomic mass is 10.1. The minimum atomic E-state index is -0.262. The van der Waals surface area contributed by atoms with Crippen LogP contribution < -0.4 is 4.74 Å². The molecule has 0 atom stereocenters. The van der Waals surface area contributed by atoms with E-state index >= 15 is 0 Å². The molecule has 4 heteroatoms. The summed E-state index contributed by atoms with van der Waals surface area (Å²) < 4.78 is 19.0. The maximum Gasteiger partial charge on any atom is 0.132 e. The van der Waals surface area contributed by atoms with Gasteiger partial charge in [-0.1, -0.05) is 25.5 Å². The number of methoxy groups -OCH3 is 1. The maximum absolute atomic E-state index is 14.0. The second kappa shape index (κ2) is 8.83. The molecule has 0 spiro atoms. The van der Waals surface area contributed by atoms with E-state index in [2.05, 4.69) is 17.1 Å². The molecular formula is C19H21FN2O. The predicted octanol–water partition coefficient (Wildman–Crippen LogP) is 4.63. The van der Waals surface area contributed by atoms with Crippen molar-refractivity contribution in [2.45, 2.75) is 26.2 Å². The van der Waals surface area contributed by atoms with E-state index < -0.39 is 0 Å².